The lowest BCUT2D eigenvalue weighted by Crippen LogP contribution is -2.53. The van der Waals surface area contributed by atoms with Gasteiger partial charge in [0.05, 0.1) is 46.7 Å². The fourth-order valence-corrected chi connectivity index (χ4v) is 10.8. The average molecular weight is 850 g/mol. The van der Waals surface area contributed by atoms with E-state index in [1.807, 2.05) is 91.0 Å². The first-order valence-electron chi connectivity index (χ1n) is 20.0. The number of para-hydroxylation sites is 1. The molecule has 6 unspecified atom stereocenters. The van der Waals surface area contributed by atoms with Gasteiger partial charge in [-0.05, 0) is 108 Å². The molecule has 6 aromatic carbocycles. The molecule has 1 saturated carbocycles. The van der Waals surface area contributed by atoms with Crippen molar-refractivity contribution in [2.45, 2.75) is 24.2 Å². The van der Waals surface area contributed by atoms with Crippen molar-refractivity contribution in [3.05, 3.63) is 166 Å². The summed E-state index contributed by atoms with van der Waals surface area (Å²) >= 11 is 12.9. The molecule has 4 aliphatic rings. The van der Waals surface area contributed by atoms with Crippen LogP contribution in [0.4, 0.5) is 22.7 Å². The smallest absolute Gasteiger partial charge is 0.260 e. The Morgan fingerprint density at radius 2 is 1.44 bits per heavy atom. The highest BCUT2D eigenvalue weighted by Gasteiger charge is 2.70. The maximum absolute atomic E-state index is 15.7. The molecule has 0 aromatic heterocycles. The van der Waals surface area contributed by atoms with Crippen molar-refractivity contribution < 1.29 is 29.0 Å². The highest BCUT2D eigenvalue weighted by Crippen LogP contribution is 2.65. The van der Waals surface area contributed by atoms with Gasteiger partial charge < -0.3 is 15.2 Å². The minimum atomic E-state index is -1.56. The average Bonchev–Trinajstić information content (AvgIpc) is 3.66. The van der Waals surface area contributed by atoms with Crippen molar-refractivity contribution in [1.82, 2.24) is 5.01 Å². The zero-order valence-electron chi connectivity index (χ0n) is 32.7. The predicted octanol–water partition coefficient (Wildman–Crippen LogP) is 9.79. The van der Waals surface area contributed by atoms with E-state index >= 15 is 9.59 Å². The molecule has 2 aliphatic heterocycles. The maximum atomic E-state index is 15.7. The number of fused-ring (bicyclic) bond motifs is 5. The van der Waals surface area contributed by atoms with E-state index in [-0.39, 0.29) is 35.4 Å². The number of amides is 4. The predicted molar refractivity (Wildman–Crippen MR) is 235 cm³/mol. The Labute approximate surface area is 361 Å². The third kappa shape index (κ3) is 5.99. The molecule has 2 saturated heterocycles. The van der Waals surface area contributed by atoms with Gasteiger partial charge in [0.15, 0.2) is 0 Å². The molecule has 10 rings (SSSR count). The van der Waals surface area contributed by atoms with E-state index in [1.165, 1.54) is 11.0 Å². The highest BCUT2D eigenvalue weighted by atomic mass is 35.5. The summed E-state index contributed by atoms with van der Waals surface area (Å²) in [7, 11) is 1.56. The second-order valence-corrected chi connectivity index (χ2v) is 16.8. The number of allylic oxidation sites excluding steroid dienone is 2. The van der Waals surface area contributed by atoms with Crippen LogP contribution in [0.2, 0.25) is 10.0 Å². The van der Waals surface area contributed by atoms with Crippen LogP contribution in [0.15, 0.2) is 145 Å². The number of hydrogen-bond donors (Lipinski definition) is 3. The van der Waals surface area contributed by atoms with Gasteiger partial charge in [-0.3, -0.25) is 29.5 Å². The minimum absolute atomic E-state index is 0.0612. The zero-order valence-corrected chi connectivity index (χ0v) is 34.2. The summed E-state index contributed by atoms with van der Waals surface area (Å²) in [6.45, 7) is 0. The number of nitrogens with zero attached hydrogens (tertiary/aromatic N) is 2. The number of nitrogens with one attached hydrogen (secondary N) is 2. The molecule has 4 amide bonds. The summed E-state index contributed by atoms with van der Waals surface area (Å²) in [6.07, 6.45) is 2.38. The van der Waals surface area contributed by atoms with E-state index in [2.05, 4.69) is 10.7 Å². The maximum Gasteiger partial charge on any atom is 0.260 e. The quantitative estimate of drug-likeness (QED) is 0.102. The van der Waals surface area contributed by atoms with E-state index in [9.17, 15) is 14.7 Å². The number of methoxy groups -OCH3 is 1. The molecule has 10 nitrogen and oxygen atoms in total. The summed E-state index contributed by atoms with van der Waals surface area (Å²) in [5.74, 6) is -4.94. The van der Waals surface area contributed by atoms with E-state index < -0.39 is 46.8 Å². The molecule has 0 radical (unpaired) electrons. The van der Waals surface area contributed by atoms with Crippen molar-refractivity contribution in [2.75, 3.05) is 22.8 Å². The monoisotopic (exact) mass is 848 g/mol. The molecule has 3 fully saturated rings. The molecule has 304 valence electrons. The van der Waals surface area contributed by atoms with E-state index in [1.54, 1.807) is 49.6 Å². The largest absolute Gasteiger partial charge is 0.507 e. The van der Waals surface area contributed by atoms with Crippen LogP contribution in [-0.2, 0) is 24.6 Å². The molecule has 0 bridgehead atoms. The molecule has 3 N–H and O–H groups in total. The lowest BCUT2D eigenvalue weighted by molar-refractivity contribution is -0.138. The second-order valence-electron chi connectivity index (χ2n) is 16.0. The molecule has 6 aromatic rings. The lowest BCUT2D eigenvalue weighted by Gasteiger charge is -2.51. The first kappa shape index (κ1) is 38.6. The molecular weight excluding hydrogens is 811 g/mol. The molecule has 12 heteroatoms. The molecule has 2 aliphatic carbocycles. The number of imide groups is 2. The molecule has 6 atom stereocenters. The Morgan fingerprint density at radius 3 is 2.16 bits per heavy atom. The normalized spacial score (nSPS) is 24.3. The van der Waals surface area contributed by atoms with Gasteiger partial charge >= 0.3 is 0 Å². The number of phenols is 1. The van der Waals surface area contributed by atoms with Crippen molar-refractivity contribution in [3.63, 3.8) is 0 Å². The molecule has 61 heavy (non-hydrogen) atoms. The van der Waals surface area contributed by atoms with Gasteiger partial charge in [0, 0.05) is 27.7 Å². The fraction of sp³-hybridized carbons (Fsp3) is 0.184. The van der Waals surface area contributed by atoms with Gasteiger partial charge in [-0.1, -0.05) is 95.5 Å². The topological polar surface area (TPSA) is 128 Å². The van der Waals surface area contributed by atoms with Crippen molar-refractivity contribution >= 4 is 80.4 Å². The Bertz CT molecular complexity index is 2820. The number of carbonyl (C=O) groups is 4. The number of hydrogen-bond acceptors (Lipinski definition) is 8. The third-order valence-corrected chi connectivity index (χ3v) is 13.6. The first-order valence-corrected chi connectivity index (χ1v) is 20.8. The fourth-order valence-electron chi connectivity index (χ4n) is 10.4. The Balaban J connectivity index is 1.13. The van der Waals surface area contributed by atoms with Gasteiger partial charge in [0.1, 0.15) is 11.5 Å². The van der Waals surface area contributed by atoms with Gasteiger partial charge in [-0.25, -0.2) is 0 Å². The van der Waals surface area contributed by atoms with Crippen molar-refractivity contribution in [1.29, 1.82) is 0 Å². The van der Waals surface area contributed by atoms with E-state index in [0.717, 1.165) is 22.0 Å². The number of hydrazine groups is 1. The highest BCUT2D eigenvalue weighted by molar-refractivity contribution is 6.36. The second kappa shape index (κ2) is 14.8. The van der Waals surface area contributed by atoms with Crippen LogP contribution < -0.4 is 20.4 Å². The lowest BCUT2D eigenvalue weighted by atomic mass is 9.49. The number of aromatic hydroxyl groups is 1. The van der Waals surface area contributed by atoms with Crippen molar-refractivity contribution in [3.8, 4) is 11.5 Å². The zero-order chi connectivity index (χ0) is 42.2. The molecule has 0 spiro atoms. The van der Waals surface area contributed by atoms with Gasteiger partial charge in [0.2, 0.25) is 11.8 Å². The van der Waals surface area contributed by atoms with Crippen LogP contribution in [0.1, 0.15) is 29.9 Å². The van der Waals surface area contributed by atoms with Crippen molar-refractivity contribution in [2.24, 2.45) is 23.7 Å². The van der Waals surface area contributed by atoms with E-state index in [4.69, 9.17) is 27.9 Å². The number of benzene rings is 6. The standard InChI is InChI=1S/C49H38Cl2N4O6/c1-61-32-18-11-27(12-19-32)49-39(46(58)55(48(49)60)53-41-23-13-28(50)25-40(41)51)26-38-36(44(49)35-22-24-42(56)34-10-6-5-9-33(34)35)20-21-37-43(38)47(59)54(45(37)57)31-16-14-30(15-17-31)52-29-7-3-2-4-8-29/h2-20,22-25,37-39,43-44,52-53,56H,21,26H2,1H3. The van der Waals surface area contributed by atoms with Crippen LogP contribution in [0.5, 0.6) is 11.5 Å². The summed E-state index contributed by atoms with van der Waals surface area (Å²) in [4.78, 5) is 61.6. The number of anilines is 4. The molecular formula is C49H38Cl2N4O6. The summed E-state index contributed by atoms with van der Waals surface area (Å²) < 4.78 is 5.54. The third-order valence-electron chi connectivity index (χ3n) is 13.0. The summed E-state index contributed by atoms with van der Waals surface area (Å²) in [5.41, 5.74) is 6.01. The molecule has 2 heterocycles. The number of phenolic OH excluding ortho intramolecular Hbond substituents is 1. The van der Waals surface area contributed by atoms with E-state index in [0.29, 0.717) is 44.0 Å². The van der Waals surface area contributed by atoms with Crippen LogP contribution in [0.3, 0.4) is 0 Å². The SMILES string of the molecule is COc1ccc(C23C(=O)N(Nc4ccc(Cl)cc4Cl)C(=O)C2CC2C(=CCC4C(=O)N(c5ccc(Nc6ccccc6)cc5)C(=O)C42)C3c2ccc(O)c3ccccc23)cc1. The van der Waals surface area contributed by atoms with Gasteiger partial charge in [0.25, 0.3) is 11.8 Å². The van der Waals surface area contributed by atoms with Gasteiger partial charge in [-0.15, -0.1) is 0 Å². The number of carbonyl (C=O) groups excluding carboxylic acids is 4. The first-order chi connectivity index (χ1) is 29.6. The van der Waals surface area contributed by atoms with Crippen LogP contribution >= 0.6 is 23.2 Å². The summed E-state index contributed by atoms with van der Waals surface area (Å²) in [6, 6.07) is 39.6. The Kier molecular flexibility index (Phi) is 9.38. The van der Waals surface area contributed by atoms with Crippen LogP contribution in [-0.4, -0.2) is 40.9 Å². The van der Waals surface area contributed by atoms with Gasteiger partial charge in [-0.2, -0.15) is 5.01 Å². The summed E-state index contributed by atoms with van der Waals surface area (Å²) in [5, 5.41) is 17.4. The number of halogens is 2. The Hall–Kier alpha value is -6.62. The number of ether oxygens (including phenoxy) is 1. The Morgan fingerprint density at radius 1 is 0.738 bits per heavy atom. The number of rotatable bonds is 8. The van der Waals surface area contributed by atoms with Crippen LogP contribution in [0.25, 0.3) is 10.8 Å². The minimum Gasteiger partial charge on any atom is -0.507 e. The van der Waals surface area contributed by atoms with Crippen LogP contribution in [0, 0.1) is 23.7 Å².